The van der Waals surface area contributed by atoms with Crippen molar-refractivity contribution < 1.29 is 4.79 Å². The number of amides is 1. The van der Waals surface area contributed by atoms with Crippen molar-refractivity contribution >= 4 is 16.8 Å². The molecule has 2 N–H and O–H groups in total. The molecule has 1 aromatic carbocycles. The van der Waals surface area contributed by atoms with E-state index < -0.39 is 0 Å². The van der Waals surface area contributed by atoms with Crippen molar-refractivity contribution in [2.45, 2.75) is 51.0 Å². The number of aromatic amines is 1. The highest BCUT2D eigenvalue weighted by atomic mass is 16.2. The van der Waals surface area contributed by atoms with Crippen molar-refractivity contribution in [2.75, 3.05) is 20.1 Å². The average molecular weight is 366 g/mol. The largest absolute Gasteiger partial charge is 0.356 e. The number of carbonyl (C=O) groups is 1. The molecule has 27 heavy (non-hydrogen) atoms. The summed E-state index contributed by atoms with van der Waals surface area (Å²) in [7, 11) is 2.01. The Morgan fingerprint density at radius 1 is 1.19 bits per heavy atom. The molecule has 3 atom stereocenters. The maximum Gasteiger partial charge on any atom is 0.226 e. The Morgan fingerprint density at radius 3 is 2.81 bits per heavy atom. The maximum absolute atomic E-state index is 13.7. The zero-order valence-corrected chi connectivity index (χ0v) is 16.3. The number of nitrogens with zero attached hydrogens (tertiary/aromatic N) is 1. The minimum absolute atomic E-state index is 0.207. The molecular weight excluding hydrogens is 334 g/mol. The highest BCUT2D eigenvalue weighted by molar-refractivity contribution is 5.86. The van der Waals surface area contributed by atoms with Gasteiger partial charge in [0, 0.05) is 29.1 Å². The zero-order valence-electron chi connectivity index (χ0n) is 16.3. The molecular formula is C23H31N3O. The normalized spacial score (nSPS) is 28.3. The van der Waals surface area contributed by atoms with Gasteiger partial charge in [-0.05, 0) is 69.2 Å². The van der Waals surface area contributed by atoms with Gasteiger partial charge in [0.05, 0.1) is 6.04 Å². The molecule has 2 saturated carbocycles. The topological polar surface area (TPSA) is 48.1 Å². The van der Waals surface area contributed by atoms with Gasteiger partial charge in [0.25, 0.3) is 0 Å². The van der Waals surface area contributed by atoms with Crippen molar-refractivity contribution in [3.63, 3.8) is 0 Å². The first-order valence-corrected chi connectivity index (χ1v) is 10.8. The molecule has 2 aromatic rings. The number of para-hydroxylation sites is 1. The summed E-state index contributed by atoms with van der Waals surface area (Å²) in [6.45, 7) is 1.85. The van der Waals surface area contributed by atoms with Gasteiger partial charge in [0.1, 0.15) is 0 Å². The van der Waals surface area contributed by atoms with Crippen LogP contribution >= 0.6 is 0 Å². The van der Waals surface area contributed by atoms with Crippen LogP contribution in [0.3, 0.4) is 0 Å². The number of fused-ring (bicyclic) bond motifs is 3. The van der Waals surface area contributed by atoms with Crippen molar-refractivity contribution in [1.29, 1.82) is 0 Å². The molecule has 2 heterocycles. The van der Waals surface area contributed by atoms with Gasteiger partial charge in [0.15, 0.2) is 0 Å². The first kappa shape index (κ1) is 17.3. The van der Waals surface area contributed by atoms with Crippen LogP contribution in [0, 0.1) is 17.8 Å². The van der Waals surface area contributed by atoms with Crippen LogP contribution < -0.4 is 5.32 Å². The minimum Gasteiger partial charge on any atom is -0.356 e. The van der Waals surface area contributed by atoms with E-state index in [-0.39, 0.29) is 12.0 Å². The molecule has 5 rings (SSSR count). The van der Waals surface area contributed by atoms with E-state index in [0.29, 0.717) is 17.7 Å². The van der Waals surface area contributed by atoms with E-state index in [9.17, 15) is 4.79 Å². The van der Waals surface area contributed by atoms with Gasteiger partial charge in [-0.2, -0.15) is 0 Å². The van der Waals surface area contributed by atoms with Crippen LogP contribution in [0.25, 0.3) is 10.9 Å². The summed E-state index contributed by atoms with van der Waals surface area (Å²) in [6, 6.07) is 8.91. The van der Waals surface area contributed by atoms with Crippen LogP contribution in [-0.4, -0.2) is 35.9 Å². The lowest BCUT2D eigenvalue weighted by molar-refractivity contribution is -0.142. The highest BCUT2D eigenvalue weighted by Gasteiger charge is 2.45. The van der Waals surface area contributed by atoms with Crippen molar-refractivity contribution in [1.82, 2.24) is 15.2 Å². The summed E-state index contributed by atoms with van der Waals surface area (Å²) in [5, 5.41) is 4.69. The summed E-state index contributed by atoms with van der Waals surface area (Å²) in [5.41, 5.74) is 4.02. The van der Waals surface area contributed by atoms with Crippen molar-refractivity contribution in [2.24, 2.45) is 17.8 Å². The molecule has 1 amide bonds. The molecule has 2 fully saturated rings. The molecule has 0 spiro atoms. The predicted molar refractivity (Wildman–Crippen MR) is 109 cm³/mol. The Kier molecular flexibility index (Phi) is 4.47. The Hall–Kier alpha value is -1.81. The SMILES string of the molecule is CNCC1CCCCC1C(=O)N1CCc2c([nH]c3ccccc23)C1C1CC1. The smallest absolute Gasteiger partial charge is 0.226 e. The predicted octanol–water partition coefficient (Wildman–Crippen LogP) is 4.03. The van der Waals surface area contributed by atoms with Crippen LogP contribution in [0.5, 0.6) is 0 Å². The van der Waals surface area contributed by atoms with Crippen LogP contribution in [0.2, 0.25) is 0 Å². The number of hydrogen-bond acceptors (Lipinski definition) is 2. The molecule has 4 nitrogen and oxygen atoms in total. The molecule has 1 aromatic heterocycles. The van der Waals surface area contributed by atoms with Crippen LogP contribution in [0.15, 0.2) is 24.3 Å². The Bertz CT molecular complexity index is 835. The summed E-state index contributed by atoms with van der Waals surface area (Å²) in [4.78, 5) is 19.7. The van der Waals surface area contributed by atoms with Gasteiger partial charge in [-0.15, -0.1) is 0 Å². The molecule has 1 aliphatic heterocycles. The average Bonchev–Trinajstić information content (AvgIpc) is 3.47. The van der Waals surface area contributed by atoms with Gasteiger partial charge in [-0.25, -0.2) is 0 Å². The van der Waals surface area contributed by atoms with E-state index >= 15 is 0 Å². The summed E-state index contributed by atoms with van der Waals surface area (Å²) in [5.74, 6) is 1.78. The van der Waals surface area contributed by atoms with Gasteiger partial charge in [-0.3, -0.25) is 4.79 Å². The maximum atomic E-state index is 13.7. The standard InChI is InChI=1S/C23H31N3O/c1-24-14-16-6-2-3-7-17(16)23(27)26-13-12-19-18-8-4-5-9-20(18)25-21(19)22(26)15-10-11-15/h4-5,8-9,15-17,22,24-25H,2-3,6-7,10-14H2,1H3. The molecule has 144 valence electrons. The summed E-state index contributed by atoms with van der Waals surface area (Å²) < 4.78 is 0. The number of nitrogens with one attached hydrogen (secondary N) is 2. The lowest BCUT2D eigenvalue weighted by Crippen LogP contribution is -2.47. The van der Waals surface area contributed by atoms with Crippen molar-refractivity contribution in [3.8, 4) is 0 Å². The van der Waals surface area contributed by atoms with Crippen LogP contribution in [-0.2, 0) is 11.2 Å². The second-order valence-electron chi connectivity index (χ2n) is 8.84. The number of rotatable bonds is 4. The molecule has 0 bridgehead atoms. The first-order chi connectivity index (χ1) is 13.3. The van der Waals surface area contributed by atoms with E-state index in [0.717, 1.165) is 25.9 Å². The van der Waals surface area contributed by atoms with Crippen LogP contribution in [0.4, 0.5) is 0 Å². The fourth-order valence-corrected chi connectivity index (χ4v) is 5.67. The second kappa shape index (κ2) is 6.97. The van der Waals surface area contributed by atoms with Crippen LogP contribution in [0.1, 0.15) is 55.8 Å². The van der Waals surface area contributed by atoms with Gasteiger partial charge in [0.2, 0.25) is 5.91 Å². The van der Waals surface area contributed by atoms with Gasteiger partial charge >= 0.3 is 0 Å². The number of aromatic nitrogens is 1. The first-order valence-electron chi connectivity index (χ1n) is 10.8. The van der Waals surface area contributed by atoms with Gasteiger partial charge < -0.3 is 15.2 Å². The quantitative estimate of drug-likeness (QED) is 0.859. The molecule has 2 aliphatic carbocycles. The molecule has 4 heteroatoms. The molecule has 0 radical (unpaired) electrons. The summed E-state index contributed by atoms with van der Waals surface area (Å²) >= 11 is 0. The van der Waals surface area contributed by atoms with Gasteiger partial charge in [-0.1, -0.05) is 31.0 Å². The Balaban J connectivity index is 1.48. The van der Waals surface area contributed by atoms with E-state index in [4.69, 9.17) is 0 Å². The number of benzene rings is 1. The number of H-pyrrole nitrogens is 1. The third-order valence-electron chi connectivity index (χ3n) is 7.13. The summed E-state index contributed by atoms with van der Waals surface area (Å²) in [6.07, 6.45) is 8.24. The lowest BCUT2D eigenvalue weighted by atomic mass is 9.77. The van der Waals surface area contributed by atoms with E-state index in [1.54, 1.807) is 0 Å². The van der Waals surface area contributed by atoms with E-state index in [1.165, 1.54) is 54.3 Å². The monoisotopic (exact) mass is 365 g/mol. The number of hydrogen-bond donors (Lipinski definition) is 2. The Morgan fingerprint density at radius 2 is 2.00 bits per heavy atom. The van der Waals surface area contributed by atoms with E-state index in [1.807, 2.05) is 7.05 Å². The minimum atomic E-state index is 0.207. The third-order valence-corrected chi connectivity index (χ3v) is 7.13. The molecule has 3 aliphatic rings. The lowest BCUT2D eigenvalue weighted by Gasteiger charge is -2.41. The Labute approximate surface area is 161 Å². The fraction of sp³-hybridized carbons (Fsp3) is 0.609. The van der Waals surface area contributed by atoms with Crippen molar-refractivity contribution in [3.05, 3.63) is 35.5 Å². The number of carbonyl (C=O) groups excluding carboxylic acids is 1. The third kappa shape index (κ3) is 2.98. The fourth-order valence-electron chi connectivity index (χ4n) is 5.67. The zero-order chi connectivity index (χ0) is 18.4. The highest BCUT2D eigenvalue weighted by Crippen LogP contribution is 2.49. The van der Waals surface area contributed by atoms with E-state index in [2.05, 4.69) is 39.5 Å². The second-order valence-corrected chi connectivity index (χ2v) is 8.84. The molecule has 3 unspecified atom stereocenters. The molecule has 0 saturated heterocycles.